The molecular formula is C15H24N4O. The van der Waals surface area contributed by atoms with Crippen LogP contribution in [-0.4, -0.2) is 29.0 Å². The SMILES string of the molecule is CCCC(=O)NCc1nc(C)cc(N2CCCCC2)n1. The molecule has 5 heteroatoms. The lowest BCUT2D eigenvalue weighted by Gasteiger charge is -2.28. The number of hydrogen-bond donors (Lipinski definition) is 1. The van der Waals surface area contributed by atoms with Crippen LogP contribution in [0.2, 0.25) is 0 Å². The fourth-order valence-electron chi connectivity index (χ4n) is 2.47. The Kier molecular flexibility index (Phi) is 5.32. The second kappa shape index (κ2) is 7.22. The maximum atomic E-state index is 11.5. The summed E-state index contributed by atoms with van der Waals surface area (Å²) in [4.78, 5) is 22.8. The summed E-state index contributed by atoms with van der Waals surface area (Å²) in [6.45, 7) is 6.53. The normalized spacial score (nSPS) is 15.2. The summed E-state index contributed by atoms with van der Waals surface area (Å²) in [7, 11) is 0. The highest BCUT2D eigenvalue weighted by molar-refractivity contribution is 5.75. The number of rotatable bonds is 5. The zero-order valence-corrected chi connectivity index (χ0v) is 12.5. The Morgan fingerprint density at radius 1 is 1.30 bits per heavy atom. The molecule has 0 saturated carbocycles. The molecule has 0 atom stereocenters. The van der Waals surface area contributed by atoms with Crippen molar-refractivity contribution in [1.82, 2.24) is 15.3 Å². The standard InChI is InChI=1S/C15H24N4O/c1-3-7-15(20)16-11-13-17-12(2)10-14(18-13)19-8-5-4-6-9-19/h10H,3-9,11H2,1-2H3,(H,16,20). The number of aryl methyl sites for hydroxylation is 1. The Balaban J connectivity index is 2.02. The first kappa shape index (κ1) is 14.8. The average Bonchev–Trinajstić information content (AvgIpc) is 2.46. The van der Waals surface area contributed by atoms with Crippen LogP contribution in [0.5, 0.6) is 0 Å². The molecule has 0 aromatic carbocycles. The first-order valence-electron chi connectivity index (χ1n) is 7.55. The molecule has 0 unspecified atom stereocenters. The van der Waals surface area contributed by atoms with E-state index in [1.165, 1.54) is 19.3 Å². The van der Waals surface area contributed by atoms with Crippen LogP contribution in [0.4, 0.5) is 5.82 Å². The van der Waals surface area contributed by atoms with E-state index in [-0.39, 0.29) is 5.91 Å². The van der Waals surface area contributed by atoms with Gasteiger partial charge >= 0.3 is 0 Å². The van der Waals surface area contributed by atoms with Gasteiger partial charge in [-0.25, -0.2) is 9.97 Å². The van der Waals surface area contributed by atoms with Crippen LogP contribution in [0.25, 0.3) is 0 Å². The molecule has 0 aliphatic carbocycles. The Morgan fingerprint density at radius 3 is 2.75 bits per heavy atom. The number of aromatic nitrogens is 2. The lowest BCUT2D eigenvalue weighted by atomic mass is 10.1. The van der Waals surface area contributed by atoms with Crippen LogP contribution in [0, 0.1) is 6.92 Å². The monoisotopic (exact) mass is 276 g/mol. The smallest absolute Gasteiger partial charge is 0.220 e. The molecule has 1 aliphatic heterocycles. The predicted octanol–water partition coefficient (Wildman–Crippen LogP) is 2.19. The topological polar surface area (TPSA) is 58.1 Å². The second-order valence-corrected chi connectivity index (χ2v) is 5.36. The van der Waals surface area contributed by atoms with Crippen molar-refractivity contribution in [3.05, 3.63) is 17.6 Å². The fourth-order valence-corrected chi connectivity index (χ4v) is 2.47. The Bertz CT molecular complexity index is 455. The third kappa shape index (κ3) is 4.18. The third-order valence-corrected chi connectivity index (χ3v) is 3.49. The van der Waals surface area contributed by atoms with E-state index in [2.05, 4.69) is 20.2 Å². The highest BCUT2D eigenvalue weighted by Gasteiger charge is 2.14. The number of piperidine rings is 1. The summed E-state index contributed by atoms with van der Waals surface area (Å²) in [6, 6.07) is 2.03. The van der Waals surface area contributed by atoms with Gasteiger partial charge in [0.25, 0.3) is 0 Å². The van der Waals surface area contributed by atoms with Crippen LogP contribution in [-0.2, 0) is 11.3 Å². The van der Waals surface area contributed by atoms with Gasteiger partial charge in [-0.05, 0) is 32.6 Å². The molecule has 1 saturated heterocycles. The van der Waals surface area contributed by atoms with Crippen molar-refractivity contribution in [3.63, 3.8) is 0 Å². The van der Waals surface area contributed by atoms with Crippen molar-refractivity contribution in [1.29, 1.82) is 0 Å². The zero-order chi connectivity index (χ0) is 14.4. The number of carbonyl (C=O) groups excluding carboxylic acids is 1. The minimum Gasteiger partial charge on any atom is -0.357 e. The molecule has 2 rings (SSSR count). The number of nitrogens with zero attached hydrogens (tertiary/aromatic N) is 3. The Morgan fingerprint density at radius 2 is 2.05 bits per heavy atom. The number of amides is 1. The molecule has 2 heterocycles. The van der Waals surface area contributed by atoms with Gasteiger partial charge in [0.1, 0.15) is 11.6 Å². The van der Waals surface area contributed by atoms with Gasteiger partial charge in [-0.1, -0.05) is 6.92 Å². The lowest BCUT2D eigenvalue weighted by molar-refractivity contribution is -0.121. The van der Waals surface area contributed by atoms with E-state index in [1.54, 1.807) is 0 Å². The Labute approximate surface area is 120 Å². The zero-order valence-electron chi connectivity index (χ0n) is 12.5. The summed E-state index contributed by atoms with van der Waals surface area (Å²) in [5.74, 6) is 1.77. The van der Waals surface area contributed by atoms with Crippen molar-refractivity contribution in [2.24, 2.45) is 0 Å². The second-order valence-electron chi connectivity index (χ2n) is 5.36. The molecule has 110 valence electrons. The van der Waals surface area contributed by atoms with E-state index < -0.39 is 0 Å². The van der Waals surface area contributed by atoms with Crippen LogP contribution < -0.4 is 10.2 Å². The van der Waals surface area contributed by atoms with Crippen molar-refractivity contribution in [2.45, 2.75) is 52.5 Å². The van der Waals surface area contributed by atoms with Gasteiger partial charge in [0, 0.05) is 31.3 Å². The molecule has 1 aromatic heterocycles. The number of nitrogens with one attached hydrogen (secondary N) is 1. The van der Waals surface area contributed by atoms with Crippen molar-refractivity contribution in [3.8, 4) is 0 Å². The van der Waals surface area contributed by atoms with Gasteiger partial charge < -0.3 is 10.2 Å². The third-order valence-electron chi connectivity index (χ3n) is 3.49. The number of hydrogen-bond acceptors (Lipinski definition) is 4. The van der Waals surface area contributed by atoms with Gasteiger partial charge in [0.05, 0.1) is 6.54 Å². The predicted molar refractivity (Wildman–Crippen MR) is 79.6 cm³/mol. The van der Waals surface area contributed by atoms with Gasteiger partial charge in [0.15, 0.2) is 0 Å². The van der Waals surface area contributed by atoms with E-state index in [4.69, 9.17) is 0 Å². The number of anilines is 1. The van der Waals surface area contributed by atoms with Gasteiger partial charge in [-0.2, -0.15) is 0 Å². The molecule has 1 aromatic rings. The molecule has 1 fully saturated rings. The van der Waals surface area contributed by atoms with Crippen LogP contribution in [0.15, 0.2) is 6.07 Å². The molecule has 0 spiro atoms. The summed E-state index contributed by atoms with van der Waals surface area (Å²) in [5, 5.41) is 2.87. The molecule has 1 aliphatic rings. The molecule has 20 heavy (non-hydrogen) atoms. The molecular weight excluding hydrogens is 252 g/mol. The van der Waals surface area contributed by atoms with Gasteiger partial charge in [-0.15, -0.1) is 0 Å². The highest BCUT2D eigenvalue weighted by Crippen LogP contribution is 2.18. The molecule has 5 nitrogen and oxygen atoms in total. The Hall–Kier alpha value is -1.65. The lowest BCUT2D eigenvalue weighted by Crippen LogP contribution is -2.31. The van der Waals surface area contributed by atoms with Crippen LogP contribution in [0.3, 0.4) is 0 Å². The largest absolute Gasteiger partial charge is 0.357 e. The van der Waals surface area contributed by atoms with Crippen molar-refractivity contribution in [2.75, 3.05) is 18.0 Å². The highest BCUT2D eigenvalue weighted by atomic mass is 16.1. The maximum Gasteiger partial charge on any atom is 0.220 e. The van der Waals surface area contributed by atoms with E-state index in [0.29, 0.717) is 18.8 Å². The quantitative estimate of drug-likeness (QED) is 0.895. The average molecular weight is 276 g/mol. The van der Waals surface area contributed by atoms with E-state index in [9.17, 15) is 4.79 Å². The summed E-state index contributed by atoms with van der Waals surface area (Å²) in [5.41, 5.74) is 0.959. The van der Waals surface area contributed by atoms with Gasteiger partial charge in [-0.3, -0.25) is 4.79 Å². The molecule has 0 radical (unpaired) electrons. The first-order valence-corrected chi connectivity index (χ1v) is 7.55. The minimum atomic E-state index is 0.0668. The molecule has 1 N–H and O–H groups in total. The fraction of sp³-hybridized carbons (Fsp3) is 0.667. The summed E-state index contributed by atoms with van der Waals surface area (Å²) in [6.07, 6.45) is 5.18. The molecule has 1 amide bonds. The molecule has 0 bridgehead atoms. The van der Waals surface area contributed by atoms with E-state index >= 15 is 0 Å². The van der Waals surface area contributed by atoms with Crippen LogP contribution in [0.1, 0.15) is 50.5 Å². The minimum absolute atomic E-state index is 0.0668. The summed E-state index contributed by atoms with van der Waals surface area (Å²) < 4.78 is 0. The van der Waals surface area contributed by atoms with Crippen molar-refractivity contribution < 1.29 is 4.79 Å². The van der Waals surface area contributed by atoms with E-state index in [1.807, 2.05) is 19.9 Å². The van der Waals surface area contributed by atoms with Crippen LogP contribution >= 0.6 is 0 Å². The van der Waals surface area contributed by atoms with Gasteiger partial charge in [0.2, 0.25) is 5.91 Å². The van der Waals surface area contributed by atoms with E-state index in [0.717, 1.165) is 31.0 Å². The first-order chi connectivity index (χ1) is 9.69. The van der Waals surface area contributed by atoms with Crippen molar-refractivity contribution >= 4 is 11.7 Å². The maximum absolute atomic E-state index is 11.5. The number of carbonyl (C=O) groups is 1. The summed E-state index contributed by atoms with van der Waals surface area (Å²) >= 11 is 0.